The molecule has 0 spiro atoms. The topological polar surface area (TPSA) is 53.2 Å². The highest BCUT2D eigenvalue weighted by atomic mass is 35.5. The molecule has 1 amide bonds. The second kappa shape index (κ2) is 8.89. The number of thiocarbonyl (C=S) groups is 1. The summed E-state index contributed by atoms with van der Waals surface area (Å²) in [5, 5.41) is 4.39. The zero-order valence-electron chi connectivity index (χ0n) is 13.1. The van der Waals surface area contributed by atoms with Crippen molar-refractivity contribution in [2.24, 2.45) is 5.92 Å². The fourth-order valence-electron chi connectivity index (χ4n) is 2.64. The molecule has 1 aromatic carbocycles. The second-order valence-corrected chi connectivity index (χ2v) is 6.69. The van der Waals surface area contributed by atoms with Gasteiger partial charge in [0.25, 0.3) is 5.91 Å². The Kier molecular flexibility index (Phi) is 6.86. The van der Waals surface area contributed by atoms with Gasteiger partial charge in [-0.2, -0.15) is 0 Å². The first kappa shape index (κ1) is 17.8. The lowest BCUT2D eigenvalue weighted by Gasteiger charge is -2.30. The lowest BCUT2D eigenvalue weighted by Crippen LogP contribution is -2.51. The molecule has 1 aliphatic rings. The van der Waals surface area contributed by atoms with Crippen LogP contribution < -0.4 is 16.2 Å². The quantitative estimate of drug-likeness (QED) is 0.443. The smallest absolute Gasteiger partial charge is 0.262 e. The van der Waals surface area contributed by atoms with Crippen molar-refractivity contribution in [3.63, 3.8) is 0 Å². The van der Waals surface area contributed by atoms with Crippen LogP contribution in [0.4, 0.5) is 0 Å². The third-order valence-corrected chi connectivity index (χ3v) is 4.50. The van der Waals surface area contributed by atoms with Gasteiger partial charge in [0, 0.05) is 17.1 Å². The first-order chi connectivity index (χ1) is 11.0. The first-order valence-corrected chi connectivity index (χ1v) is 8.63. The number of carbonyl (C=O) groups excluding carboxylic acids is 1. The molecule has 1 aromatic rings. The minimum absolute atomic E-state index is 0.263. The minimum atomic E-state index is -0.263. The van der Waals surface area contributed by atoms with E-state index in [2.05, 4.69) is 23.1 Å². The van der Waals surface area contributed by atoms with Gasteiger partial charge in [0.05, 0.1) is 0 Å². The molecule has 6 heteroatoms. The number of rotatable bonds is 3. The molecule has 0 radical (unpaired) electrons. The van der Waals surface area contributed by atoms with Crippen LogP contribution in [0.2, 0.25) is 5.02 Å². The van der Waals surface area contributed by atoms with Crippen molar-refractivity contribution in [3.8, 4) is 0 Å². The van der Waals surface area contributed by atoms with E-state index in [1.165, 1.54) is 25.3 Å². The highest BCUT2D eigenvalue weighted by molar-refractivity contribution is 7.80. The number of nitrogens with one attached hydrogen (secondary N) is 3. The third kappa shape index (κ3) is 6.20. The Morgan fingerprint density at radius 1 is 1.22 bits per heavy atom. The summed E-state index contributed by atoms with van der Waals surface area (Å²) in [5.74, 6) is 0.338. The fourth-order valence-corrected chi connectivity index (χ4v) is 2.97. The van der Waals surface area contributed by atoms with Crippen LogP contribution in [0.15, 0.2) is 30.3 Å². The highest BCUT2D eigenvalue weighted by Crippen LogP contribution is 2.23. The van der Waals surface area contributed by atoms with Crippen LogP contribution >= 0.6 is 23.8 Å². The molecule has 23 heavy (non-hydrogen) atoms. The number of amides is 1. The zero-order chi connectivity index (χ0) is 16.7. The van der Waals surface area contributed by atoms with Crippen LogP contribution in [-0.2, 0) is 4.79 Å². The van der Waals surface area contributed by atoms with Gasteiger partial charge in [-0.3, -0.25) is 15.6 Å². The summed E-state index contributed by atoms with van der Waals surface area (Å²) in [6.07, 6.45) is 8.01. The van der Waals surface area contributed by atoms with Crippen molar-refractivity contribution in [3.05, 3.63) is 40.9 Å². The number of hydrazine groups is 1. The van der Waals surface area contributed by atoms with Crippen molar-refractivity contribution in [2.45, 2.75) is 38.6 Å². The molecular weight excluding hydrogens is 330 g/mol. The Morgan fingerprint density at radius 2 is 1.91 bits per heavy atom. The van der Waals surface area contributed by atoms with Gasteiger partial charge in [0.2, 0.25) is 0 Å². The summed E-state index contributed by atoms with van der Waals surface area (Å²) in [6.45, 7) is 2.23. The largest absolute Gasteiger partial charge is 0.358 e. The average Bonchev–Trinajstić information content (AvgIpc) is 2.54. The fraction of sp³-hybridized carbons (Fsp3) is 0.412. The van der Waals surface area contributed by atoms with Crippen molar-refractivity contribution in [2.75, 3.05) is 0 Å². The predicted molar refractivity (Wildman–Crippen MR) is 98.9 cm³/mol. The van der Waals surface area contributed by atoms with E-state index in [0.29, 0.717) is 22.1 Å². The summed E-state index contributed by atoms with van der Waals surface area (Å²) in [5.41, 5.74) is 6.21. The third-order valence-electron chi connectivity index (χ3n) is 4.02. The van der Waals surface area contributed by atoms with E-state index in [4.69, 9.17) is 23.8 Å². The molecule has 1 fully saturated rings. The van der Waals surface area contributed by atoms with Crippen molar-refractivity contribution in [1.82, 2.24) is 16.2 Å². The van der Waals surface area contributed by atoms with Crippen molar-refractivity contribution >= 4 is 40.9 Å². The maximum atomic E-state index is 11.8. The summed E-state index contributed by atoms with van der Waals surface area (Å²) >= 11 is 11.0. The number of halogens is 1. The number of benzene rings is 1. The molecular formula is C17H22ClN3OS. The van der Waals surface area contributed by atoms with Crippen LogP contribution in [0.1, 0.15) is 38.2 Å². The normalized spacial score (nSPS) is 21.0. The Morgan fingerprint density at radius 3 is 2.61 bits per heavy atom. The molecule has 0 aliphatic heterocycles. The van der Waals surface area contributed by atoms with E-state index in [1.807, 2.05) is 12.1 Å². The standard InChI is InChI=1S/C17H22ClN3OS/c1-12-4-2-3-5-15(12)19-17(23)21-20-16(22)11-8-13-6-9-14(18)10-7-13/h6-12,15H,2-5H2,1H3,(H,20,22)(H2,19,21,23)/b11-8+. The molecule has 0 heterocycles. The SMILES string of the molecule is CC1CCCCC1NC(=S)NNC(=O)/C=C/c1ccc(Cl)cc1. The van der Waals surface area contributed by atoms with E-state index in [1.54, 1.807) is 18.2 Å². The monoisotopic (exact) mass is 351 g/mol. The Hall–Kier alpha value is -1.59. The molecule has 0 bridgehead atoms. The summed E-state index contributed by atoms with van der Waals surface area (Å²) in [6, 6.07) is 7.63. The predicted octanol–water partition coefficient (Wildman–Crippen LogP) is 3.43. The summed E-state index contributed by atoms with van der Waals surface area (Å²) < 4.78 is 0. The molecule has 0 aromatic heterocycles. The van der Waals surface area contributed by atoms with E-state index in [-0.39, 0.29) is 5.91 Å². The highest BCUT2D eigenvalue weighted by Gasteiger charge is 2.21. The first-order valence-electron chi connectivity index (χ1n) is 7.85. The van der Waals surface area contributed by atoms with Crippen LogP contribution in [0.25, 0.3) is 6.08 Å². The van der Waals surface area contributed by atoms with Gasteiger partial charge in [-0.15, -0.1) is 0 Å². The number of hydrogen-bond donors (Lipinski definition) is 3. The molecule has 4 nitrogen and oxygen atoms in total. The van der Waals surface area contributed by atoms with Crippen LogP contribution in [0, 0.1) is 5.92 Å². The van der Waals surface area contributed by atoms with Crippen molar-refractivity contribution < 1.29 is 4.79 Å². The van der Waals surface area contributed by atoms with E-state index < -0.39 is 0 Å². The average molecular weight is 352 g/mol. The summed E-state index contributed by atoms with van der Waals surface area (Å²) in [7, 11) is 0. The van der Waals surface area contributed by atoms with Gasteiger partial charge in [0.1, 0.15) is 0 Å². The van der Waals surface area contributed by atoms with E-state index >= 15 is 0 Å². The zero-order valence-corrected chi connectivity index (χ0v) is 14.7. The van der Waals surface area contributed by atoms with Crippen LogP contribution in [0.5, 0.6) is 0 Å². The van der Waals surface area contributed by atoms with Crippen molar-refractivity contribution in [1.29, 1.82) is 0 Å². The lowest BCUT2D eigenvalue weighted by atomic mass is 9.86. The molecule has 0 saturated heterocycles. The lowest BCUT2D eigenvalue weighted by molar-refractivity contribution is -0.116. The van der Waals surface area contributed by atoms with E-state index in [9.17, 15) is 4.79 Å². The number of carbonyl (C=O) groups is 1. The number of hydrogen-bond acceptors (Lipinski definition) is 2. The van der Waals surface area contributed by atoms with Gasteiger partial charge in [-0.25, -0.2) is 0 Å². The molecule has 1 aliphatic carbocycles. The Balaban J connectivity index is 1.73. The molecule has 124 valence electrons. The van der Waals surface area contributed by atoms with E-state index in [0.717, 1.165) is 12.0 Å². The van der Waals surface area contributed by atoms with Gasteiger partial charge < -0.3 is 5.32 Å². The van der Waals surface area contributed by atoms with Gasteiger partial charge in [0.15, 0.2) is 5.11 Å². The Bertz CT molecular complexity index is 574. The molecule has 3 N–H and O–H groups in total. The second-order valence-electron chi connectivity index (χ2n) is 5.84. The van der Waals surface area contributed by atoms with Gasteiger partial charge in [-0.05, 0) is 54.7 Å². The van der Waals surface area contributed by atoms with Gasteiger partial charge in [-0.1, -0.05) is 43.5 Å². The molecule has 2 atom stereocenters. The maximum Gasteiger partial charge on any atom is 0.262 e. The minimum Gasteiger partial charge on any atom is -0.358 e. The molecule has 2 unspecified atom stereocenters. The summed E-state index contributed by atoms with van der Waals surface area (Å²) in [4.78, 5) is 11.8. The molecule has 1 saturated carbocycles. The maximum absolute atomic E-state index is 11.8. The molecule has 2 rings (SSSR count). The van der Waals surface area contributed by atoms with Crippen LogP contribution in [-0.4, -0.2) is 17.1 Å². The van der Waals surface area contributed by atoms with Crippen LogP contribution in [0.3, 0.4) is 0 Å². The van der Waals surface area contributed by atoms with Gasteiger partial charge >= 0.3 is 0 Å². The Labute approximate surface area is 147 Å².